The topological polar surface area (TPSA) is 56.3 Å². The van der Waals surface area contributed by atoms with E-state index in [0.717, 1.165) is 90.1 Å². The highest BCUT2D eigenvalue weighted by Gasteiger charge is 2.40. The first kappa shape index (κ1) is 22.9. The maximum absolute atomic E-state index is 12.8. The highest BCUT2D eigenvalue weighted by atomic mass is 16.5. The maximum Gasteiger partial charge on any atom is 0.245 e. The van der Waals surface area contributed by atoms with Gasteiger partial charge in [-0.15, -0.1) is 0 Å². The van der Waals surface area contributed by atoms with Crippen LogP contribution in [0.1, 0.15) is 45.4 Å². The number of nitrogens with zero attached hydrogens (tertiary/aromatic N) is 4. The summed E-state index contributed by atoms with van der Waals surface area (Å²) in [5.74, 6) is 1.27. The molecule has 3 heterocycles. The molecule has 4 rings (SSSR count). The Morgan fingerprint density at radius 3 is 2.59 bits per heavy atom. The van der Waals surface area contributed by atoms with Gasteiger partial charge in [-0.05, 0) is 50.8 Å². The van der Waals surface area contributed by atoms with Gasteiger partial charge in [0.05, 0.1) is 18.8 Å². The monoisotopic (exact) mass is 442 g/mol. The molecule has 1 aromatic rings. The van der Waals surface area contributed by atoms with Gasteiger partial charge in [-0.3, -0.25) is 14.5 Å². The van der Waals surface area contributed by atoms with E-state index in [2.05, 4.69) is 34.9 Å². The van der Waals surface area contributed by atoms with Gasteiger partial charge in [0.25, 0.3) is 0 Å². The summed E-state index contributed by atoms with van der Waals surface area (Å²) < 4.78 is 6.02. The molecule has 3 saturated heterocycles. The minimum atomic E-state index is -0.201. The first-order valence-corrected chi connectivity index (χ1v) is 12.4. The molecule has 7 heteroatoms. The zero-order valence-electron chi connectivity index (χ0n) is 19.5. The van der Waals surface area contributed by atoms with Gasteiger partial charge >= 0.3 is 0 Å². The van der Waals surface area contributed by atoms with E-state index in [9.17, 15) is 9.59 Å². The summed E-state index contributed by atoms with van der Waals surface area (Å²) >= 11 is 0. The average molecular weight is 443 g/mol. The van der Waals surface area contributed by atoms with Crippen LogP contribution in [-0.4, -0.2) is 91.5 Å². The largest absolute Gasteiger partial charge is 0.491 e. The molecule has 3 aliphatic rings. The number of hydrogen-bond donors (Lipinski definition) is 0. The average Bonchev–Trinajstić information content (AvgIpc) is 2.83. The summed E-state index contributed by atoms with van der Waals surface area (Å²) in [6.45, 7) is 9.58. The smallest absolute Gasteiger partial charge is 0.245 e. The van der Waals surface area contributed by atoms with E-state index in [-0.39, 0.29) is 24.4 Å². The summed E-state index contributed by atoms with van der Waals surface area (Å²) in [5.41, 5.74) is 1.19. The summed E-state index contributed by atoms with van der Waals surface area (Å²) in [7, 11) is 0. The van der Waals surface area contributed by atoms with Crippen molar-refractivity contribution in [3.05, 3.63) is 24.3 Å². The van der Waals surface area contributed by atoms with Crippen molar-refractivity contribution in [3.63, 3.8) is 0 Å². The number of unbranched alkanes of at least 4 members (excludes halogenated alkanes) is 1. The van der Waals surface area contributed by atoms with E-state index in [4.69, 9.17) is 4.74 Å². The number of piperidine rings is 1. The predicted molar refractivity (Wildman–Crippen MR) is 126 cm³/mol. The molecule has 0 bridgehead atoms. The van der Waals surface area contributed by atoms with Crippen molar-refractivity contribution in [2.45, 2.75) is 51.5 Å². The third kappa shape index (κ3) is 5.37. The number of carbonyl (C=O) groups is 2. The summed E-state index contributed by atoms with van der Waals surface area (Å²) in [6, 6.07) is 8.15. The summed E-state index contributed by atoms with van der Waals surface area (Å²) in [4.78, 5) is 33.8. The molecule has 32 heavy (non-hydrogen) atoms. The van der Waals surface area contributed by atoms with Gasteiger partial charge in [0.1, 0.15) is 11.8 Å². The van der Waals surface area contributed by atoms with Crippen LogP contribution >= 0.6 is 0 Å². The molecule has 1 aromatic carbocycles. The Kier molecular flexibility index (Phi) is 7.90. The lowest BCUT2D eigenvalue weighted by Gasteiger charge is -2.43. The Balaban J connectivity index is 1.22. The standard InChI is InChI=1S/C25H38N4O3/c1-2-3-19-32-23-11-5-4-9-21(23)27-17-15-26(16-18-27)12-8-13-28-20-24(30)29-14-7-6-10-22(29)25(28)31/h4-5,9,11,22H,2-3,6-8,10,12-20H2,1H3/t22-/m1/s1. The maximum atomic E-state index is 12.8. The van der Waals surface area contributed by atoms with Gasteiger partial charge in [0.2, 0.25) is 11.8 Å². The van der Waals surface area contributed by atoms with Gasteiger partial charge in [0.15, 0.2) is 0 Å². The van der Waals surface area contributed by atoms with Crippen LogP contribution in [0, 0.1) is 0 Å². The van der Waals surface area contributed by atoms with Gasteiger partial charge in [-0.25, -0.2) is 0 Å². The minimum absolute atomic E-state index is 0.128. The number of piperazine rings is 2. The predicted octanol–water partition coefficient (Wildman–Crippen LogP) is 2.60. The number of para-hydroxylation sites is 2. The first-order valence-electron chi connectivity index (χ1n) is 12.4. The van der Waals surface area contributed by atoms with E-state index in [0.29, 0.717) is 6.54 Å². The van der Waals surface area contributed by atoms with Crippen molar-refractivity contribution >= 4 is 17.5 Å². The molecule has 0 N–H and O–H groups in total. The lowest BCUT2D eigenvalue weighted by atomic mass is 9.98. The molecule has 7 nitrogen and oxygen atoms in total. The number of rotatable bonds is 9. The normalized spacial score (nSPS) is 22.3. The van der Waals surface area contributed by atoms with Crippen LogP contribution in [0.2, 0.25) is 0 Å². The molecule has 1 atom stereocenters. The molecule has 0 unspecified atom stereocenters. The van der Waals surface area contributed by atoms with Gasteiger partial charge in [0, 0.05) is 39.3 Å². The number of hydrogen-bond acceptors (Lipinski definition) is 5. The highest BCUT2D eigenvalue weighted by molar-refractivity contribution is 5.95. The third-order valence-corrected chi connectivity index (χ3v) is 6.98. The van der Waals surface area contributed by atoms with Crippen molar-refractivity contribution in [2.75, 3.05) is 63.9 Å². The molecule has 0 radical (unpaired) electrons. The molecule has 2 amide bonds. The number of anilines is 1. The van der Waals surface area contributed by atoms with Crippen molar-refractivity contribution < 1.29 is 14.3 Å². The van der Waals surface area contributed by atoms with E-state index in [1.54, 1.807) is 4.90 Å². The molecule has 0 saturated carbocycles. The SMILES string of the molecule is CCCCOc1ccccc1N1CCN(CCCN2CC(=O)N3CCCC[C@@H]3C2=O)CC1. The van der Waals surface area contributed by atoms with Crippen LogP contribution in [0.3, 0.4) is 0 Å². The van der Waals surface area contributed by atoms with Gasteiger partial charge < -0.3 is 19.4 Å². The Hall–Kier alpha value is -2.28. The molecule has 0 aliphatic carbocycles. The zero-order valence-corrected chi connectivity index (χ0v) is 19.5. The van der Waals surface area contributed by atoms with Gasteiger partial charge in [-0.1, -0.05) is 25.5 Å². The number of carbonyl (C=O) groups excluding carboxylic acids is 2. The molecular formula is C25H38N4O3. The summed E-state index contributed by atoms with van der Waals surface area (Å²) in [6.07, 6.45) is 6.03. The lowest BCUT2D eigenvalue weighted by molar-refractivity contribution is -0.157. The molecule has 3 aliphatic heterocycles. The van der Waals surface area contributed by atoms with E-state index in [1.807, 2.05) is 11.0 Å². The lowest BCUT2D eigenvalue weighted by Crippen LogP contribution is -2.61. The second-order valence-electron chi connectivity index (χ2n) is 9.21. The van der Waals surface area contributed by atoms with E-state index < -0.39 is 0 Å². The molecule has 176 valence electrons. The van der Waals surface area contributed by atoms with Crippen molar-refractivity contribution in [3.8, 4) is 5.75 Å². The Labute approximate surface area is 192 Å². The van der Waals surface area contributed by atoms with Gasteiger partial charge in [-0.2, -0.15) is 0 Å². The van der Waals surface area contributed by atoms with E-state index >= 15 is 0 Å². The second-order valence-corrected chi connectivity index (χ2v) is 9.21. The van der Waals surface area contributed by atoms with Crippen LogP contribution in [0.25, 0.3) is 0 Å². The Morgan fingerprint density at radius 1 is 0.969 bits per heavy atom. The fraction of sp³-hybridized carbons (Fsp3) is 0.680. The van der Waals surface area contributed by atoms with Crippen LogP contribution in [-0.2, 0) is 9.59 Å². The van der Waals surface area contributed by atoms with E-state index in [1.165, 1.54) is 5.69 Å². The highest BCUT2D eigenvalue weighted by Crippen LogP contribution is 2.29. The van der Waals surface area contributed by atoms with Crippen molar-refractivity contribution in [1.29, 1.82) is 0 Å². The fourth-order valence-electron chi connectivity index (χ4n) is 5.08. The number of amides is 2. The quantitative estimate of drug-likeness (QED) is 0.551. The molecule has 0 aromatic heterocycles. The molecular weight excluding hydrogens is 404 g/mol. The Bertz CT molecular complexity index is 778. The summed E-state index contributed by atoms with van der Waals surface area (Å²) in [5, 5.41) is 0. The second kappa shape index (κ2) is 11.0. The Morgan fingerprint density at radius 2 is 1.78 bits per heavy atom. The molecule has 0 spiro atoms. The minimum Gasteiger partial charge on any atom is -0.491 e. The van der Waals surface area contributed by atoms with Crippen LogP contribution < -0.4 is 9.64 Å². The third-order valence-electron chi connectivity index (χ3n) is 6.98. The number of benzene rings is 1. The van der Waals surface area contributed by atoms with Crippen LogP contribution in [0.15, 0.2) is 24.3 Å². The number of ether oxygens (including phenoxy) is 1. The van der Waals surface area contributed by atoms with Crippen LogP contribution in [0.5, 0.6) is 5.75 Å². The van der Waals surface area contributed by atoms with Crippen LogP contribution in [0.4, 0.5) is 5.69 Å². The zero-order chi connectivity index (χ0) is 22.3. The fourth-order valence-corrected chi connectivity index (χ4v) is 5.08. The number of fused-ring (bicyclic) bond motifs is 1. The van der Waals surface area contributed by atoms with Crippen molar-refractivity contribution in [1.82, 2.24) is 14.7 Å². The molecule has 3 fully saturated rings. The van der Waals surface area contributed by atoms with Crippen molar-refractivity contribution in [2.24, 2.45) is 0 Å². The first-order chi connectivity index (χ1) is 15.7.